The molecule has 0 radical (unpaired) electrons. The second-order valence-corrected chi connectivity index (χ2v) is 4.57. The largest absolute Gasteiger partial charge is 0.351 e. The lowest BCUT2D eigenvalue weighted by Crippen LogP contribution is -2.35. The van der Waals surface area contributed by atoms with Crippen LogP contribution in [0.15, 0.2) is 24.3 Å². The van der Waals surface area contributed by atoms with Crippen molar-refractivity contribution in [3.63, 3.8) is 0 Å². The molecule has 0 saturated heterocycles. The van der Waals surface area contributed by atoms with Crippen molar-refractivity contribution in [3.05, 3.63) is 35.4 Å². The van der Waals surface area contributed by atoms with E-state index < -0.39 is 0 Å². The van der Waals surface area contributed by atoms with E-state index in [-0.39, 0.29) is 12.2 Å². The molecule has 4 heteroatoms. The van der Waals surface area contributed by atoms with Crippen molar-refractivity contribution < 1.29 is 14.3 Å². The van der Waals surface area contributed by atoms with E-state index in [2.05, 4.69) is 24.4 Å². The highest BCUT2D eigenvalue weighted by molar-refractivity contribution is 5.76. The molecule has 20 heavy (non-hydrogen) atoms. The molecule has 0 saturated carbocycles. The fourth-order valence-corrected chi connectivity index (χ4v) is 1.96. The number of benzene rings is 1. The Morgan fingerprint density at radius 2 is 1.85 bits per heavy atom. The monoisotopic (exact) mass is 279 g/mol. The molecule has 0 bridgehead atoms. The van der Waals surface area contributed by atoms with Crippen LogP contribution in [0.25, 0.3) is 0 Å². The Kier molecular flexibility index (Phi) is 7.92. The molecule has 0 aliphatic carbocycles. The van der Waals surface area contributed by atoms with Gasteiger partial charge in [-0.3, -0.25) is 4.79 Å². The van der Waals surface area contributed by atoms with Gasteiger partial charge in [0.2, 0.25) is 5.91 Å². The molecule has 1 amide bonds. The van der Waals surface area contributed by atoms with Gasteiger partial charge in [0.15, 0.2) is 6.29 Å². The number of hydrogen-bond donors (Lipinski definition) is 1. The van der Waals surface area contributed by atoms with Gasteiger partial charge in [-0.15, -0.1) is 0 Å². The van der Waals surface area contributed by atoms with Crippen molar-refractivity contribution in [1.82, 2.24) is 5.32 Å². The van der Waals surface area contributed by atoms with Gasteiger partial charge in [-0.25, -0.2) is 0 Å². The quantitative estimate of drug-likeness (QED) is 0.706. The molecular formula is C16H25NO3. The summed E-state index contributed by atoms with van der Waals surface area (Å²) in [6.45, 7) is 7.42. The molecule has 1 aromatic carbocycles. The number of aryl methyl sites for hydroxylation is 2. The van der Waals surface area contributed by atoms with Crippen LogP contribution in [-0.4, -0.2) is 32.0 Å². The third-order valence-electron chi connectivity index (χ3n) is 3.05. The number of nitrogens with one attached hydrogen (secondary N) is 1. The lowest BCUT2D eigenvalue weighted by atomic mass is 10.0. The molecule has 1 N–H and O–H groups in total. The predicted octanol–water partition coefficient (Wildman–Crippen LogP) is 2.44. The predicted molar refractivity (Wildman–Crippen MR) is 79.5 cm³/mol. The zero-order chi connectivity index (χ0) is 14.8. The minimum Gasteiger partial charge on any atom is -0.351 e. The Labute approximate surface area is 121 Å². The first kappa shape index (κ1) is 16.7. The Morgan fingerprint density at radius 1 is 1.20 bits per heavy atom. The third-order valence-corrected chi connectivity index (χ3v) is 3.05. The molecule has 0 heterocycles. The van der Waals surface area contributed by atoms with Gasteiger partial charge in [-0.1, -0.05) is 24.3 Å². The van der Waals surface area contributed by atoms with Crippen molar-refractivity contribution in [2.45, 2.75) is 39.9 Å². The van der Waals surface area contributed by atoms with E-state index in [0.29, 0.717) is 26.2 Å². The van der Waals surface area contributed by atoms with Gasteiger partial charge in [0.05, 0.1) is 6.54 Å². The van der Waals surface area contributed by atoms with Gasteiger partial charge in [-0.05, 0) is 38.3 Å². The average molecular weight is 279 g/mol. The first-order valence-corrected chi connectivity index (χ1v) is 7.21. The van der Waals surface area contributed by atoms with E-state index in [9.17, 15) is 4.79 Å². The second-order valence-electron chi connectivity index (χ2n) is 4.57. The van der Waals surface area contributed by atoms with E-state index in [4.69, 9.17) is 9.47 Å². The van der Waals surface area contributed by atoms with Crippen LogP contribution in [0.5, 0.6) is 0 Å². The van der Waals surface area contributed by atoms with Gasteiger partial charge in [0.1, 0.15) is 0 Å². The van der Waals surface area contributed by atoms with Crippen molar-refractivity contribution >= 4 is 5.91 Å². The zero-order valence-electron chi connectivity index (χ0n) is 12.6. The first-order chi connectivity index (χ1) is 9.67. The number of rotatable bonds is 9. The van der Waals surface area contributed by atoms with Crippen LogP contribution in [-0.2, 0) is 20.7 Å². The second kappa shape index (κ2) is 9.50. The summed E-state index contributed by atoms with van der Waals surface area (Å²) in [5, 5.41) is 2.85. The lowest BCUT2D eigenvalue weighted by Gasteiger charge is -2.17. The van der Waals surface area contributed by atoms with Gasteiger partial charge in [-0.2, -0.15) is 0 Å². The van der Waals surface area contributed by atoms with Crippen LogP contribution >= 0.6 is 0 Å². The standard InChI is InChI=1S/C16H25NO3/c1-4-19-16(20-5-2)12-17-15(18)11-10-14-9-7-6-8-13(14)3/h6-9,16H,4-5,10-12H2,1-3H3,(H,17,18). The van der Waals surface area contributed by atoms with Gasteiger partial charge in [0, 0.05) is 19.6 Å². The van der Waals surface area contributed by atoms with Crippen LogP contribution in [0, 0.1) is 6.92 Å². The molecule has 1 rings (SSSR count). The number of amides is 1. The minimum atomic E-state index is -0.354. The average Bonchev–Trinajstić information content (AvgIpc) is 2.44. The Balaban J connectivity index is 2.31. The number of carbonyl (C=O) groups excluding carboxylic acids is 1. The smallest absolute Gasteiger partial charge is 0.220 e. The van der Waals surface area contributed by atoms with Crippen molar-refractivity contribution in [3.8, 4) is 0 Å². The maximum absolute atomic E-state index is 11.8. The maximum atomic E-state index is 11.8. The third kappa shape index (κ3) is 6.17. The Morgan fingerprint density at radius 3 is 2.45 bits per heavy atom. The van der Waals surface area contributed by atoms with Crippen molar-refractivity contribution in [2.75, 3.05) is 19.8 Å². The summed E-state index contributed by atoms with van der Waals surface area (Å²) in [6, 6.07) is 8.13. The SMILES string of the molecule is CCOC(CNC(=O)CCc1ccccc1C)OCC. The van der Waals surface area contributed by atoms with E-state index in [1.54, 1.807) is 0 Å². The molecule has 0 aromatic heterocycles. The Hall–Kier alpha value is -1.39. The zero-order valence-corrected chi connectivity index (χ0v) is 12.6. The molecule has 0 unspecified atom stereocenters. The van der Waals surface area contributed by atoms with Crippen LogP contribution in [0.3, 0.4) is 0 Å². The summed E-state index contributed by atoms with van der Waals surface area (Å²) in [6.07, 6.45) is 0.884. The van der Waals surface area contributed by atoms with Gasteiger partial charge < -0.3 is 14.8 Å². The molecule has 112 valence electrons. The fraction of sp³-hybridized carbons (Fsp3) is 0.562. The first-order valence-electron chi connectivity index (χ1n) is 7.21. The van der Waals surface area contributed by atoms with Crippen LogP contribution in [0.1, 0.15) is 31.4 Å². The van der Waals surface area contributed by atoms with Gasteiger partial charge >= 0.3 is 0 Å². The van der Waals surface area contributed by atoms with E-state index in [0.717, 1.165) is 6.42 Å². The molecule has 4 nitrogen and oxygen atoms in total. The van der Waals surface area contributed by atoms with Crippen molar-refractivity contribution in [2.24, 2.45) is 0 Å². The molecule has 0 atom stereocenters. The minimum absolute atomic E-state index is 0.0256. The summed E-state index contributed by atoms with van der Waals surface area (Å²) in [5.74, 6) is 0.0256. The lowest BCUT2D eigenvalue weighted by molar-refractivity contribution is -0.140. The van der Waals surface area contributed by atoms with Crippen LogP contribution in [0.4, 0.5) is 0 Å². The topological polar surface area (TPSA) is 47.6 Å². The van der Waals surface area contributed by atoms with E-state index in [1.165, 1.54) is 11.1 Å². The summed E-state index contributed by atoms with van der Waals surface area (Å²) < 4.78 is 10.8. The molecule has 0 fully saturated rings. The van der Waals surface area contributed by atoms with Gasteiger partial charge in [0.25, 0.3) is 0 Å². The highest BCUT2D eigenvalue weighted by Gasteiger charge is 2.10. The van der Waals surface area contributed by atoms with Crippen LogP contribution in [0.2, 0.25) is 0 Å². The van der Waals surface area contributed by atoms with Crippen LogP contribution < -0.4 is 5.32 Å². The molecular weight excluding hydrogens is 254 g/mol. The van der Waals surface area contributed by atoms with Crippen molar-refractivity contribution in [1.29, 1.82) is 0 Å². The maximum Gasteiger partial charge on any atom is 0.220 e. The molecule has 0 aliphatic heterocycles. The Bertz CT molecular complexity index is 400. The number of carbonyl (C=O) groups is 1. The summed E-state index contributed by atoms with van der Waals surface area (Å²) in [4.78, 5) is 11.8. The van der Waals surface area contributed by atoms with E-state index in [1.807, 2.05) is 26.0 Å². The highest BCUT2D eigenvalue weighted by atomic mass is 16.7. The summed E-state index contributed by atoms with van der Waals surface area (Å²) in [5.41, 5.74) is 2.44. The number of ether oxygens (including phenoxy) is 2. The van der Waals surface area contributed by atoms with E-state index >= 15 is 0 Å². The normalized spacial score (nSPS) is 10.8. The fourth-order valence-electron chi connectivity index (χ4n) is 1.96. The molecule has 1 aromatic rings. The highest BCUT2D eigenvalue weighted by Crippen LogP contribution is 2.09. The summed E-state index contributed by atoms with van der Waals surface area (Å²) in [7, 11) is 0. The number of hydrogen-bond acceptors (Lipinski definition) is 3. The molecule has 0 spiro atoms. The summed E-state index contributed by atoms with van der Waals surface area (Å²) >= 11 is 0. The molecule has 0 aliphatic rings.